The molecule has 0 radical (unpaired) electrons. The molecular weight excluding hydrogens is 307 g/mol. The van der Waals surface area contributed by atoms with Gasteiger partial charge < -0.3 is 15.7 Å². The van der Waals surface area contributed by atoms with Crippen LogP contribution in [0.15, 0.2) is 18.2 Å². The number of amides is 2. The standard InChI is InChI=1S/C16H24ClFN2O2/c1-11(12-5-6-14(18)13(17)9-12)20-15(22)19-8-4-7-16(2,3)10-21/h5-6,9,11,21H,4,7-8,10H2,1-3H3,(H2,19,20,22). The molecule has 0 aromatic heterocycles. The van der Waals surface area contributed by atoms with E-state index in [1.165, 1.54) is 12.1 Å². The van der Waals surface area contributed by atoms with Crippen molar-refractivity contribution in [2.75, 3.05) is 13.2 Å². The number of nitrogens with one attached hydrogen (secondary N) is 2. The zero-order valence-electron chi connectivity index (χ0n) is 13.2. The van der Waals surface area contributed by atoms with Crippen molar-refractivity contribution in [3.05, 3.63) is 34.6 Å². The number of hydrogen-bond donors (Lipinski definition) is 3. The first kappa shape index (κ1) is 18.7. The van der Waals surface area contributed by atoms with Crippen LogP contribution < -0.4 is 10.6 Å². The summed E-state index contributed by atoms with van der Waals surface area (Å²) < 4.78 is 13.1. The van der Waals surface area contributed by atoms with Crippen LogP contribution in [0.2, 0.25) is 5.02 Å². The lowest BCUT2D eigenvalue weighted by atomic mass is 9.89. The molecule has 0 bridgehead atoms. The highest BCUT2D eigenvalue weighted by Crippen LogP contribution is 2.21. The molecule has 0 heterocycles. The number of hydrogen-bond acceptors (Lipinski definition) is 2. The minimum atomic E-state index is -0.478. The highest BCUT2D eigenvalue weighted by molar-refractivity contribution is 6.30. The first-order valence-corrected chi connectivity index (χ1v) is 7.73. The van der Waals surface area contributed by atoms with Crippen LogP contribution in [-0.4, -0.2) is 24.3 Å². The van der Waals surface area contributed by atoms with Crippen molar-refractivity contribution in [2.45, 2.75) is 39.7 Å². The molecule has 1 aromatic rings. The average molecular weight is 331 g/mol. The second kappa shape index (κ2) is 8.34. The van der Waals surface area contributed by atoms with E-state index in [1.54, 1.807) is 13.0 Å². The minimum absolute atomic E-state index is 0.0396. The van der Waals surface area contributed by atoms with Gasteiger partial charge in [-0.3, -0.25) is 0 Å². The third-order valence-corrected chi connectivity index (χ3v) is 3.82. The summed E-state index contributed by atoms with van der Waals surface area (Å²) in [5, 5.41) is 14.7. The first-order chi connectivity index (χ1) is 10.2. The smallest absolute Gasteiger partial charge is 0.315 e. The van der Waals surface area contributed by atoms with Gasteiger partial charge in [0.2, 0.25) is 0 Å². The van der Waals surface area contributed by atoms with E-state index in [9.17, 15) is 9.18 Å². The van der Waals surface area contributed by atoms with Crippen molar-refractivity contribution in [2.24, 2.45) is 5.41 Å². The largest absolute Gasteiger partial charge is 0.396 e. The van der Waals surface area contributed by atoms with E-state index in [0.717, 1.165) is 18.4 Å². The fourth-order valence-corrected chi connectivity index (χ4v) is 2.15. The van der Waals surface area contributed by atoms with E-state index in [-0.39, 0.29) is 29.1 Å². The van der Waals surface area contributed by atoms with Crippen molar-refractivity contribution in [1.82, 2.24) is 10.6 Å². The van der Waals surface area contributed by atoms with E-state index in [4.69, 9.17) is 16.7 Å². The zero-order chi connectivity index (χ0) is 16.8. The lowest BCUT2D eigenvalue weighted by Crippen LogP contribution is -2.37. The monoisotopic (exact) mass is 330 g/mol. The van der Waals surface area contributed by atoms with Gasteiger partial charge >= 0.3 is 6.03 Å². The van der Waals surface area contributed by atoms with Gasteiger partial charge in [0.25, 0.3) is 0 Å². The summed E-state index contributed by atoms with van der Waals surface area (Å²) in [5.41, 5.74) is 0.610. The second-order valence-electron chi connectivity index (χ2n) is 6.22. The molecule has 0 aliphatic rings. The van der Waals surface area contributed by atoms with Crippen molar-refractivity contribution in [1.29, 1.82) is 0 Å². The van der Waals surface area contributed by atoms with Crippen LogP contribution in [-0.2, 0) is 0 Å². The predicted octanol–water partition coefficient (Wildman–Crippen LogP) is 3.64. The van der Waals surface area contributed by atoms with Crippen molar-refractivity contribution in [3.63, 3.8) is 0 Å². The summed E-state index contributed by atoms with van der Waals surface area (Å²) in [7, 11) is 0. The topological polar surface area (TPSA) is 61.4 Å². The van der Waals surface area contributed by atoms with E-state index >= 15 is 0 Å². The van der Waals surface area contributed by atoms with Crippen LogP contribution in [0.4, 0.5) is 9.18 Å². The fourth-order valence-electron chi connectivity index (χ4n) is 1.96. The zero-order valence-corrected chi connectivity index (χ0v) is 14.0. The predicted molar refractivity (Wildman–Crippen MR) is 86.5 cm³/mol. The van der Waals surface area contributed by atoms with Crippen LogP contribution in [0.5, 0.6) is 0 Å². The molecule has 1 unspecified atom stereocenters. The summed E-state index contributed by atoms with van der Waals surface area (Å²) >= 11 is 5.73. The minimum Gasteiger partial charge on any atom is -0.396 e. The quantitative estimate of drug-likeness (QED) is 0.668. The maximum Gasteiger partial charge on any atom is 0.315 e. The molecule has 0 aliphatic carbocycles. The highest BCUT2D eigenvalue weighted by Gasteiger charge is 2.16. The molecule has 22 heavy (non-hydrogen) atoms. The number of rotatable bonds is 7. The van der Waals surface area contributed by atoms with Gasteiger partial charge in [-0.15, -0.1) is 0 Å². The van der Waals surface area contributed by atoms with Gasteiger partial charge in [-0.25, -0.2) is 9.18 Å². The summed E-state index contributed by atoms with van der Waals surface area (Å²) in [4.78, 5) is 11.8. The Bertz CT molecular complexity index is 509. The third-order valence-electron chi connectivity index (χ3n) is 3.54. The van der Waals surface area contributed by atoms with Crippen LogP contribution in [0.25, 0.3) is 0 Å². The van der Waals surface area contributed by atoms with Crippen molar-refractivity contribution >= 4 is 17.6 Å². The van der Waals surface area contributed by atoms with Gasteiger partial charge in [0.1, 0.15) is 5.82 Å². The SMILES string of the molecule is CC(NC(=O)NCCCC(C)(C)CO)c1ccc(F)c(Cl)c1. The molecule has 4 nitrogen and oxygen atoms in total. The van der Waals surface area contributed by atoms with Crippen LogP contribution in [0.1, 0.15) is 45.2 Å². The Morgan fingerprint density at radius 2 is 2.14 bits per heavy atom. The van der Waals surface area contributed by atoms with Crippen LogP contribution >= 0.6 is 11.6 Å². The lowest BCUT2D eigenvalue weighted by molar-refractivity contribution is 0.148. The molecule has 3 N–H and O–H groups in total. The molecule has 2 amide bonds. The molecule has 0 spiro atoms. The molecule has 1 aromatic carbocycles. The third kappa shape index (κ3) is 6.20. The fraction of sp³-hybridized carbons (Fsp3) is 0.562. The average Bonchev–Trinajstić information content (AvgIpc) is 2.46. The van der Waals surface area contributed by atoms with Crippen molar-refractivity contribution < 1.29 is 14.3 Å². The number of halogens is 2. The van der Waals surface area contributed by atoms with Gasteiger partial charge in [-0.2, -0.15) is 0 Å². The van der Waals surface area contributed by atoms with Gasteiger partial charge in [0.15, 0.2) is 0 Å². The molecule has 0 aliphatic heterocycles. The van der Waals surface area contributed by atoms with Gasteiger partial charge in [-0.05, 0) is 42.9 Å². The molecule has 1 rings (SSSR count). The molecular formula is C16H24ClFN2O2. The van der Waals surface area contributed by atoms with Crippen LogP contribution in [0.3, 0.4) is 0 Å². The summed E-state index contributed by atoms with van der Waals surface area (Å²) in [6.45, 7) is 6.42. The van der Waals surface area contributed by atoms with E-state index in [0.29, 0.717) is 6.54 Å². The van der Waals surface area contributed by atoms with E-state index in [2.05, 4.69) is 10.6 Å². The Balaban J connectivity index is 2.36. The first-order valence-electron chi connectivity index (χ1n) is 7.35. The van der Waals surface area contributed by atoms with Gasteiger partial charge in [0.05, 0.1) is 11.1 Å². The number of aliphatic hydroxyl groups excluding tert-OH is 1. The summed E-state index contributed by atoms with van der Waals surface area (Å²) in [5.74, 6) is -0.478. The van der Waals surface area contributed by atoms with E-state index in [1.807, 2.05) is 13.8 Å². The van der Waals surface area contributed by atoms with Gasteiger partial charge in [0, 0.05) is 13.2 Å². The van der Waals surface area contributed by atoms with Gasteiger partial charge in [-0.1, -0.05) is 31.5 Å². The van der Waals surface area contributed by atoms with E-state index < -0.39 is 5.82 Å². The molecule has 1 atom stereocenters. The Morgan fingerprint density at radius 3 is 2.73 bits per heavy atom. The molecule has 124 valence electrons. The Hall–Kier alpha value is -1.33. The van der Waals surface area contributed by atoms with Crippen LogP contribution in [0, 0.1) is 11.2 Å². The lowest BCUT2D eigenvalue weighted by Gasteiger charge is -2.21. The molecule has 0 saturated carbocycles. The highest BCUT2D eigenvalue weighted by atomic mass is 35.5. The summed E-state index contributed by atoms with van der Waals surface area (Å²) in [6, 6.07) is 3.83. The summed E-state index contributed by atoms with van der Waals surface area (Å²) in [6.07, 6.45) is 1.62. The number of aliphatic hydroxyl groups is 1. The number of carbonyl (C=O) groups is 1. The van der Waals surface area contributed by atoms with Crippen molar-refractivity contribution in [3.8, 4) is 0 Å². The molecule has 6 heteroatoms. The molecule has 0 saturated heterocycles. The number of benzene rings is 1. The number of carbonyl (C=O) groups excluding carboxylic acids is 1. The second-order valence-corrected chi connectivity index (χ2v) is 6.63. The number of urea groups is 1. The Morgan fingerprint density at radius 1 is 1.45 bits per heavy atom. The maximum absolute atomic E-state index is 13.1. The molecule has 0 fully saturated rings. The normalized spacial score (nSPS) is 12.8. The maximum atomic E-state index is 13.1. The Labute approximate surface area is 136 Å². The Kier molecular flexibility index (Phi) is 7.10.